The Hall–Kier alpha value is -1.45. The van der Waals surface area contributed by atoms with Gasteiger partial charge >= 0.3 is 0 Å². The van der Waals surface area contributed by atoms with Gasteiger partial charge in [-0.3, -0.25) is 5.14 Å². The number of hydrogen-bond acceptors (Lipinski definition) is 3. The van der Waals surface area contributed by atoms with Crippen LogP contribution in [-0.4, -0.2) is 0 Å². The largest absolute Gasteiger partial charge is 0.317 e. The predicted octanol–water partition coefficient (Wildman–Crippen LogP) is 5.14. The van der Waals surface area contributed by atoms with E-state index in [0.29, 0.717) is 0 Å². The molecular formula is C19H26N2S. The van der Waals surface area contributed by atoms with Gasteiger partial charge in [-0.25, -0.2) is 0 Å². The van der Waals surface area contributed by atoms with E-state index >= 15 is 0 Å². The summed E-state index contributed by atoms with van der Waals surface area (Å²) in [5.74, 6) is 0. The first-order chi connectivity index (χ1) is 10.8. The molecule has 2 aromatic carbocycles. The lowest BCUT2D eigenvalue weighted by Crippen LogP contribution is -1.94. The van der Waals surface area contributed by atoms with Crippen LogP contribution < -0.4 is 9.86 Å². The summed E-state index contributed by atoms with van der Waals surface area (Å²) in [6.07, 6.45) is 7.30. The Morgan fingerprint density at radius 3 is 1.77 bits per heavy atom. The lowest BCUT2D eigenvalue weighted by atomic mass is 10.0. The number of benzene rings is 2. The minimum absolute atomic E-state index is 1.05. The lowest BCUT2D eigenvalue weighted by Gasteiger charge is -2.06. The van der Waals surface area contributed by atoms with Crippen molar-refractivity contribution in [3.63, 3.8) is 0 Å². The van der Waals surface area contributed by atoms with Gasteiger partial charge in [-0.15, -0.1) is 0 Å². The zero-order valence-corrected chi connectivity index (χ0v) is 14.2. The SMILES string of the molecule is CCCCCc1ccc(CCc2ccc(NSN)cc2)cc1. The van der Waals surface area contributed by atoms with E-state index < -0.39 is 0 Å². The summed E-state index contributed by atoms with van der Waals surface area (Å²) in [6, 6.07) is 17.6. The second-order valence-corrected chi connectivity index (χ2v) is 6.13. The van der Waals surface area contributed by atoms with Gasteiger partial charge in [0.1, 0.15) is 0 Å². The number of unbranched alkanes of at least 4 members (excludes halogenated alkanes) is 2. The smallest absolute Gasteiger partial charge is 0.0452 e. The monoisotopic (exact) mass is 314 g/mol. The molecule has 0 radical (unpaired) electrons. The third-order valence-corrected chi connectivity index (χ3v) is 4.28. The molecule has 22 heavy (non-hydrogen) atoms. The quantitative estimate of drug-likeness (QED) is 0.497. The molecule has 0 bridgehead atoms. The second kappa shape index (κ2) is 9.54. The molecule has 0 unspecified atom stereocenters. The highest BCUT2D eigenvalue weighted by Gasteiger charge is 1.98. The molecule has 0 aliphatic heterocycles. The van der Waals surface area contributed by atoms with Gasteiger partial charge in [0.15, 0.2) is 0 Å². The lowest BCUT2D eigenvalue weighted by molar-refractivity contribution is 0.717. The summed E-state index contributed by atoms with van der Waals surface area (Å²) in [5.41, 5.74) is 5.29. The molecule has 0 aromatic heterocycles. The van der Waals surface area contributed by atoms with Crippen molar-refractivity contribution in [2.24, 2.45) is 5.14 Å². The van der Waals surface area contributed by atoms with E-state index in [2.05, 4.69) is 60.2 Å². The fourth-order valence-electron chi connectivity index (χ4n) is 2.55. The van der Waals surface area contributed by atoms with Crippen LogP contribution in [0.1, 0.15) is 42.9 Å². The highest BCUT2D eigenvalue weighted by molar-refractivity contribution is 7.98. The van der Waals surface area contributed by atoms with Crippen molar-refractivity contribution in [2.75, 3.05) is 4.72 Å². The van der Waals surface area contributed by atoms with Crippen LogP contribution in [0, 0.1) is 0 Å². The topological polar surface area (TPSA) is 38.0 Å². The van der Waals surface area contributed by atoms with E-state index in [-0.39, 0.29) is 0 Å². The van der Waals surface area contributed by atoms with Gasteiger partial charge in [0.2, 0.25) is 0 Å². The first kappa shape index (κ1) is 16.9. The Balaban J connectivity index is 1.80. The van der Waals surface area contributed by atoms with Crippen LogP contribution in [0.25, 0.3) is 0 Å². The van der Waals surface area contributed by atoms with Crippen LogP contribution in [-0.2, 0) is 19.3 Å². The number of aryl methyl sites for hydroxylation is 3. The van der Waals surface area contributed by atoms with E-state index in [1.54, 1.807) is 0 Å². The molecule has 3 heteroatoms. The average molecular weight is 314 g/mol. The minimum Gasteiger partial charge on any atom is -0.317 e. The summed E-state index contributed by atoms with van der Waals surface area (Å²) in [4.78, 5) is 0. The van der Waals surface area contributed by atoms with Gasteiger partial charge < -0.3 is 4.72 Å². The number of anilines is 1. The van der Waals surface area contributed by atoms with Crippen LogP contribution >= 0.6 is 12.1 Å². The molecule has 0 amide bonds. The van der Waals surface area contributed by atoms with E-state index in [1.165, 1.54) is 42.4 Å². The fourth-order valence-corrected chi connectivity index (χ4v) is 2.82. The summed E-state index contributed by atoms with van der Waals surface area (Å²) >= 11 is 1.13. The van der Waals surface area contributed by atoms with Gasteiger partial charge in [0, 0.05) is 17.8 Å². The zero-order chi connectivity index (χ0) is 15.6. The van der Waals surface area contributed by atoms with Crippen LogP contribution in [0.3, 0.4) is 0 Å². The fraction of sp³-hybridized carbons (Fsp3) is 0.368. The molecule has 0 saturated heterocycles. The molecule has 0 saturated carbocycles. The van der Waals surface area contributed by atoms with Crippen molar-refractivity contribution in [2.45, 2.75) is 45.4 Å². The van der Waals surface area contributed by atoms with Gasteiger partial charge in [-0.05, 0) is 54.5 Å². The number of hydrogen-bond donors (Lipinski definition) is 2. The van der Waals surface area contributed by atoms with Gasteiger partial charge in [0.25, 0.3) is 0 Å². The number of nitrogens with one attached hydrogen (secondary N) is 1. The van der Waals surface area contributed by atoms with Crippen LogP contribution in [0.15, 0.2) is 48.5 Å². The molecular weight excluding hydrogens is 288 g/mol. The molecule has 0 aliphatic rings. The van der Waals surface area contributed by atoms with Crippen molar-refractivity contribution in [1.29, 1.82) is 0 Å². The van der Waals surface area contributed by atoms with E-state index in [9.17, 15) is 0 Å². The molecule has 2 rings (SSSR count). The summed E-state index contributed by atoms with van der Waals surface area (Å²) < 4.78 is 3.03. The van der Waals surface area contributed by atoms with E-state index in [4.69, 9.17) is 5.14 Å². The van der Waals surface area contributed by atoms with Crippen molar-refractivity contribution >= 4 is 17.8 Å². The molecule has 2 aromatic rings. The van der Waals surface area contributed by atoms with Gasteiger partial charge in [-0.2, -0.15) is 0 Å². The van der Waals surface area contributed by atoms with Crippen molar-refractivity contribution in [1.82, 2.24) is 0 Å². The van der Waals surface area contributed by atoms with E-state index in [0.717, 1.165) is 30.7 Å². The molecule has 0 fully saturated rings. The maximum absolute atomic E-state index is 5.39. The molecule has 0 spiro atoms. The third kappa shape index (κ3) is 5.74. The number of nitrogens with two attached hydrogens (primary N) is 1. The summed E-state index contributed by atoms with van der Waals surface area (Å²) in [6.45, 7) is 2.25. The predicted molar refractivity (Wildman–Crippen MR) is 98.9 cm³/mol. The van der Waals surface area contributed by atoms with Crippen LogP contribution in [0.4, 0.5) is 5.69 Å². The first-order valence-electron chi connectivity index (χ1n) is 8.10. The summed E-state index contributed by atoms with van der Waals surface area (Å²) in [5, 5.41) is 5.39. The number of rotatable bonds is 9. The Labute approximate surface area is 138 Å². The van der Waals surface area contributed by atoms with Gasteiger partial charge in [-0.1, -0.05) is 56.2 Å². The highest BCUT2D eigenvalue weighted by Crippen LogP contribution is 2.15. The minimum atomic E-state index is 1.05. The third-order valence-electron chi connectivity index (χ3n) is 3.93. The van der Waals surface area contributed by atoms with Crippen LogP contribution in [0.2, 0.25) is 0 Å². The Morgan fingerprint density at radius 1 is 0.773 bits per heavy atom. The first-order valence-corrected chi connectivity index (χ1v) is 8.98. The zero-order valence-electron chi connectivity index (χ0n) is 13.3. The normalized spacial score (nSPS) is 10.6. The second-order valence-electron chi connectivity index (χ2n) is 5.69. The Bertz CT molecular complexity index is 534. The van der Waals surface area contributed by atoms with Crippen molar-refractivity contribution < 1.29 is 0 Å². The standard InChI is InChI=1S/C19H26N2S/c1-2-3-4-5-16-6-8-17(9-7-16)10-11-18-12-14-19(15-13-18)21-22-20/h6-9,12-15,21H,2-5,10-11,20H2,1H3. The Morgan fingerprint density at radius 2 is 1.27 bits per heavy atom. The molecule has 0 aliphatic carbocycles. The average Bonchev–Trinajstić information content (AvgIpc) is 2.56. The molecule has 3 N–H and O–H groups in total. The van der Waals surface area contributed by atoms with E-state index in [1.807, 2.05) is 0 Å². The maximum atomic E-state index is 5.39. The maximum Gasteiger partial charge on any atom is 0.0452 e. The molecule has 0 atom stereocenters. The Kier molecular flexibility index (Phi) is 7.34. The van der Waals surface area contributed by atoms with Crippen LogP contribution in [0.5, 0.6) is 0 Å². The van der Waals surface area contributed by atoms with Crippen molar-refractivity contribution in [3.05, 3.63) is 65.2 Å². The van der Waals surface area contributed by atoms with Crippen molar-refractivity contribution in [3.8, 4) is 0 Å². The highest BCUT2D eigenvalue weighted by atomic mass is 32.2. The van der Waals surface area contributed by atoms with Gasteiger partial charge in [0.05, 0.1) is 0 Å². The molecule has 2 nitrogen and oxygen atoms in total. The summed E-state index contributed by atoms with van der Waals surface area (Å²) in [7, 11) is 0. The molecule has 118 valence electrons. The molecule has 0 heterocycles.